The summed E-state index contributed by atoms with van der Waals surface area (Å²) in [6.07, 6.45) is 1.74. The van der Waals surface area contributed by atoms with Crippen LogP contribution in [0.25, 0.3) is 16.8 Å². The number of fused-ring (bicyclic) bond motifs is 1. The van der Waals surface area contributed by atoms with Crippen molar-refractivity contribution in [3.8, 4) is 5.75 Å². The lowest BCUT2D eigenvalue weighted by atomic mass is 10.1. The molecule has 0 unspecified atom stereocenters. The Morgan fingerprint density at radius 3 is 2.35 bits per heavy atom. The Balaban J connectivity index is 1.38. The number of carbonyl (C=O) groups is 1. The minimum Gasteiger partial charge on any atom is -0.487 e. The Morgan fingerprint density at radius 1 is 0.912 bits per heavy atom. The number of rotatable bonds is 5. The smallest absolute Gasteiger partial charge is 0.363 e. The maximum atomic E-state index is 12.5. The molecule has 1 heterocycles. The normalized spacial score (nSPS) is 14.4. The monoisotopic (exact) mass is 691 g/mol. The fraction of sp³-hybridized carbons (Fsp3) is 0.0370. The Hall–Kier alpha value is -2.43. The van der Waals surface area contributed by atoms with Crippen LogP contribution >= 0.6 is 56.8 Å². The molecule has 1 aliphatic rings. The van der Waals surface area contributed by atoms with Crippen LogP contribution in [-0.2, 0) is 16.1 Å². The molecular formula is C27H16ClI2NO3. The van der Waals surface area contributed by atoms with Gasteiger partial charge in [-0.15, -0.1) is 0 Å². The highest BCUT2D eigenvalue weighted by molar-refractivity contribution is 14.1. The van der Waals surface area contributed by atoms with Gasteiger partial charge in [-0.1, -0.05) is 54.1 Å². The molecule has 34 heavy (non-hydrogen) atoms. The first-order chi connectivity index (χ1) is 16.5. The fourth-order valence-corrected chi connectivity index (χ4v) is 5.80. The van der Waals surface area contributed by atoms with Crippen LogP contribution < -0.4 is 4.74 Å². The summed E-state index contributed by atoms with van der Waals surface area (Å²) < 4.78 is 13.4. The van der Waals surface area contributed by atoms with Gasteiger partial charge in [0.1, 0.15) is 12.4 Å². The first-order valence-corrected chi connectivity index (χ1v) is 12.9. The maximum Gasteiger partial charge on any atom is 0.363 e. The van der Waals surface area contributed by atoms with E-state index in [0.717, 1.165) is 40.4 Å². The van der Waals surface area contributed by atoms with Crippen LogP contribution in [-0.4, -0.2) is 11.9 Å². The molecule has 4 aromatic rings. The Kier molecular flexibility index (Phi) is 6.89. The topological polar surface area (TPSA) is 47.9 Å². The van der Waals surface area contributed by atoms with Crippen LogP contribution in [0, 0.1) is 7.14 Å². The van der Waals surface area contributed by atoms with Crippen molar-refractivity contribution in [3.05, 3.63) is 113 Å². The molecule has 0 aromatic heterocycles. The van der Waals surface area contributed by atoms with E-state index < -0.39 is 5.97 Å². The Labute approximate surface area is 228 Å². The summed E-state index contributed by atoms with van der Waals surface area (Å²) in [5, 5.41) is 2.88. The molecule has 0 N–H and O–H groups in total. The fourth-order valence-electron chi connectivity index (χ4n) is 3.55. The summed E-state index contributed by atoms with van der Waals surface area (Å²) in [4.78, 5) is 17.0. The van der Waals surface area contributed by atoms with Crippen molar-refractivity contribution >= 4 is 85.5 Å². The van der Waals surface area contributed by atoms with E-state index in [4.69, 9.17) is 21.1 Å². The third-order valence-electron chi connectivity index (χ3n) is 5.24. The number of hydrogen-bond acceptors (Lipinski definition) is 4. The molecule has 7 heteroatoms. The number of esters is 1. The summed E-state index contributed by atoms with van der Waals surface area (Å²) in [5.74, 6) is 0.651. The molecule has 168 valence electrons. The molecule has 4 nitrogen and oxygen atoms in total. The highest BCUT2D eigenvalue weighted by atomic mass is 127. The van der Waals surface area contributed by atoms with Gasteiger partial charge in [0.15, 0.2) is 5.70 Å². The molecule has 0 amide bonds. The van der Waals surface area contributed by atoms with E-state index in [9.17, 15) is 4.79 Å². The maximum absolute atomic E-state index is 12.5. The number of nitrogens with zero attached hydrogens (tertiary/aromatic N) is 1. The Morgan fingerprint density at radius 2 is 1.62 bits per heavy atom. The van der Waals surface area contributed by atoms with Crippen molar-refractivity contribution in [2.75, 3.05) is 0 Å². The van der Waals surface area contributed by atoms with Crippen molar-refractivity contribution in [2.45, 2.75) is 6.61 Å². The van der Waals surface area contributed by atoms with Gasteiger partial charge in [-0.3, -0.25) is 0 Å². The molecule has 5 rings (SSSR count). The Bertz CT molecular complexity index is 1460. The highest BCUT2D eigenvalue weighted by Crippen LogP contribution is 2.31. The van der Waals surface area contributed by atoms with Gasteiger partial charge in [-0.2, -0.15) is 0 Å². The summed E-state index contributed by atoms with van der Waals surface area (Å²) in [5.41, 5.74) is 2.92. The molecule has 0 bridgehead atoms. The van der Waals surface area contributed by atoms with E-state index in [0.29, 0.717) is 17.5 Å². The molecule has 0 aliphatic carbocycles. The number of aliphatic imine (C=N–C) groups is 1. The summed E-state index contributed by atoms with van der Waals surface area (Å²) in [6.45, 7) is 0.440. The van der Waals surface area contributed by atoms with Gasteiger partial charge in [-0.05, 0) is 110 Å². The molecule has 0 atom stereocenters. The van der Waals surface area contributed by atoms with Gasteiger partial charge in [0.05, 0.1) is 7.14 Å². The lowest BCUT2D eigenvalue weighted by Crippen LogP contribution is -2.05. The van der Waals surface area contributed by atoms with Crippen LogP contribution in [0.5, 0.6) is 5.75 Å². The van der Waals surface area contributed by atoms with Crippen molar-refractivity contribution in [2.24, 2.45) is 4.99 Å². The second kappa shape index (κ2) is 10.1. The van der Waals surface area contributed by atoms with E-state index in [1.54, 1.807) is 6.08 Å². The average Bonchev–Trinajstić information content (AvgIpc) is 3.19. The van der Waals surface area contributed by atoms with Gasteiger partial charge in [0.2, 0.25) is 5.90 Å². The minimum atomic E-state index is -0.462. The predicted molar refractivity (Wildman–Crippen MR) is 152 cm³/mol. The van der Waals surface area contributed by atoms with Crippen LogP contribution in [0.15, 0.2) is 89.6 Å². The summed E-state index contributed by atoms with van der Waals surface area (Å²) in [6, 6.07) is 25.4. The van der Waals surface area contributed by atoms with Crippen LogP contribution in [0.4, 0.5) is 0 Å². The zero-order chi connectivity index (χ0) is 23.7. The van der Waals surface area contributed by atoms with Gasteiger partial charge < -0.3 is 9.47 Å². The van der Waals surface area contributed by atoms with Gasteiger partial charge >= 0.3 is 5.97 Å². The van der Waals surface area contributed by atoms with Crippen molar-refractivity contribution in [3.63, 3.8) is 0 Å². The largest absolute Gasteiger partial charge is 0.487 e. The summed E-state index contributed by atoms with van der Waals surface area (Å²) in [7, 11) is 0. The first kappa shape index (κ1) is 23.3. The van der Waals surface area contributed by atoms with Crippen molar-refractivity contribution in [1.29, 1.82) is 0 Å². The molecule has 4 aromatic carbocycles. The van der Waals surface area contributed by atoms with Gasteiger partial charge in [0, 0.05) is 10.6 Å². The lowest BCUT2D eigenvalue weighted by molar-refractivity contribution is -0.129. The third-order valence-corrected chi connectivity index (χ3v) is 7.09. The number of ether oxygens (including phenoxy) is 2. The zero-order valence-electron chi connectivity index (χ0n) is 17.6. The molecule has 0 saturated heterocycles. The number of benzene rings is 4. The van der Waals surface area contributed by atoms with Crippen molar-refractivity contribution < 1.29 is 14.3 Å². The predicted octanol–water partition coefficient (Wildman–Crippen LogP) is 7.63. The summed E-state index contributed by atoms with van der Waals surface area (Å²) >= 11 is 10.4. The van der Waals surface area contributed by atoms with Crippen LogP contribution in [0.1, 0.15) is 16.7 Å². The van der Waals surface area contributed by atoms with E-state index in [1.807, 2.05) is 78.9 Å². The number of hydrogen-bond donors (Lipinski definition) is 0. The molecule has 0 saturated carbocycles. The molecule has 0 radical (unpaired) electrons. The second-order valence-corrected chi connectivity index (χ2v) is 10.4. The SMILES string of the molecule is O=C1OC(c2ccc3ccccc3c2)=N/C1=C\c1cc(I)c(OCc2ccc(Cl)cc2)c(I)c1. The highest BCUT2D eigenvalue weighted by Gasteiger charge is 2.24. The second-order valence-electron chi connectivity index (χ2n) is 7.63. The first-order valence-electron chi connectivity index (χ1n) is 10.3. The minimum absolute atomic E-state index is 0.268. The lowest BCUT2D eigenvalue weighted by Gasteiger charge is -2.11. The standard InChI is InChI=1S/C27H16ClI2NO3/c28-21-9-5-16(6-10-21)15-33-25-22(29)11-17(12-23(25)30)13-24-27(32)34-26(31-24)20-8-7-18-3-1-2-4-19(18)14-20/h1-14H,15H2/b24-13-. The molecule has 0 spiro atoms. The molecule has 0 fully saturated rings. The number of cyclic esters (lactones) is 1. The molecular weight excluding hydrogens is 676 g/mol. The van der Waals surface area contributed by atoms with E-state index >= 15 is 0 Å². The number of carbonyl (C=O) groups excluding carboxylic acids is 1. The van der Waals surface area contributed by atoms with E-state index in [1.165, 1.54) is 0 Å². The van der Waals surface area contributed by atoms with Crippen LogP contribution in [0.3, 0.4) is 0 Å². The van der Waals surface area contributed by atoms with E-state index in [2.05, 4.69) is 50.2 Å². The third kappa shape index (κ3) is 5.13. The molecule has 1 aliphatic heterocycles. The van der Waals surface area contributed by atoms with Gasteiger partial charge in [0.25, 0.3) is 0 Å². The average molecular weight is 692 g/mol. The number of halogens is 3. The van der Waals surface area contributed by atoms with Crippen molar-refractivity contribution in [1.82, 2.24) is 0 Å². The van der Waals surface area contributed by atoms with E-state index in [-0.39, 0.29) is 5.70 Å². The quantitative estimate of drug-likeness (QED) is 0.123. The zero-order valence-corrected chi connectivity index (χ0v) is 22.7. The van der Waals surface area contributed by atoms with Crippen LogP contribution in [0.2, 0.25) is 5.02 Å². The van der Waals surface area contributed by atoms with Gasteiger partial charge in [-0.25, -0.2) is 9.79 Å².